The second kappa shape index (κ2) is 7.02. The van der Waals surface area contributed by atoms with Gasteiger partial charge in [0.05, 0.1) is 6.61 Å². The van der Waals surface area contributed by atoms with Gasteiger partial charge in [-0.15, -0.1) is 0 Å². The van der Waals surface area contributed by atoms with Crippen molar-refractivity contribution < 1.29 is 14.3 Å². The smallest absolute Gasteiger partial charge is 0.292 e. The third kappa shape index (κ3) is 3.69. The molecule has 0 unspecified atom stereocenters. The highest BCUT2D eigenvalue weighted by atomic mass is 16.5. The molecule has 0 spiro atoms. The minimum Gasteiger partial charge on any atom is -0.494 e. The molecule has 2 amide bonds. The highest BCUT2D eigenvalue weighted by Gasteiger charge is 2.13. The van der Waals surface area contributed by atoms with Crippen LogP contribution in [0.15, 0.2) is 36.7 Å². The number of amides is 2. The predicted molar refractivity (Wildman–Crippen MR) is 79.0 cm³/mol. The van der Waals surface area contributed by atoms with Crippen LogP contribution in [0.25, 0.3) is 0 Å². The molecule has 8 heteroatoms. The first kappa shape index (κ1) is 15.2. The van der Waals surface area contributed by atoms with E-state index in [-0.39, 0.29) is 11.5 Å². The number of hydrazine groups is 1. The normalized spacial score (nSPS) is 9.86. The molecular weight excluding hydrogens is 286 g/mol. The van der Waals surface area contributed by atoms with Gasteiger partial charge in [0.15, 0.2) is 11.5 Å². The monoisotopic (exact) mass is 301 g/mol. The van der Waals surface area contributed by atoms with Gasteiger partial charge >= 0.3 is 0 Å². The molecule has 0 aliphatic heterocycles. The van der Waals surface area contributed by atoms with Crippen molar-refractivity contribution in [3.05, 3.63) is 47.9 Å². The van der Waals surface area contributed by atoms with Crippen molar-refractivity contribution in [2.24, 2.45) is 0 Å². The van der Waals surface area contributed by atoms with Crippen molar-refractivity contribution in [1.29, 1.82) is 0 Å². The summed E-state index contributed by atoms with van der Waals surface area (Å²) in [5.41, 5.74) is 10.3. The molecule has 114 valence electrons. The molecule has 1 heterocycles. The highest BCUT2D eigenvalue weighted by Crippen LogP contribution is 2.11. The molecule has 22 heavy (non-hydrogen) atoms. The first-order valence-electron chi connectivity index (χ1n) is 6.52. The number of rotatable bonds is 4. The van der Waals surface area contributed by atoms with Crippen LogP contribution in [0, 0.1) is 0 Å². The molecular formula is C14H15N5O3. The summed E-state index contributed by atoms with van der Waals surface area (Å²) in [6, 6.07) is 6.51. The zero-order chi connectivity index (χ0) is 15.9. The number of nitrogens with two attached hydrogens (primary N) is 1. The Labute approximate surface area is 126 Å². The second-order valence-electron chi connectivity index (χ2n) is 4.16. The highest BCUT2D eigenvalue weighted by molar-refractivity contribution is 6.00. The Balaban J connectivity index is 1.95. The number of ether oxygens (including phenoxy) is 1. The lowest BCUT2D eigenvalue weighted by molar-refractivity contribution is 0.0844. The summed E-state index contributed by atoms with van der Waals surface area (Å²) in [4.78, 5) is 31.2. The van der Waals surface area contributed by atoms with Crippen molar-refractivity contribution in [2.45, 2.75) is 6.92 Å². The first-order valence-corrected chi connectivity index (χ1v) is 6.52. The van der Waals surface area contributed by atoms with Crippen LogP contribution in [0.5, 0.6) is 5.75 Å². The summed E-state index contributed by atoms with van der Waals surface area (Å²) in [6.45, 7) is 2.41. The van der Waals surface area contributed by atoms with Crippen LogP contribution in [0.4, 0.5) is 5.82 Å². The van der Waals surface area contributed by atoms with Gasteiger partial charge in [-0.05, 0) is 31.2 Å². The van der Waals surface area contributed by atoms with Crippen molar-refractivity contribution in [3.8, 4) is 5.75 Å². The van der Waals surface area contributed by atoms with Crippen LogP contribution < -0.4 is 21.3 Å². The maximum Gasteiger partial charge on any atom is 0.292 e. The summed E-state index contributed by atoms with van der Waals surface area (Å²) >= 11 is 0. The zero-order valence-electron chi connectivity index (χ0n) is 11.9. The van der Waals surface area contributed by atoms with Crippen molar-refractivity contribution in [1.82, 2.24) is 20.8 Å². The summed E-state index contributed by atoms with van der Waals surface area (Å²) in [6.07, 6.45) is 2.70. The molecule has 8 nitrogen and oxygen atoms in total. The number of hydrogen-bond donors (Lipinski definition) is 3. The Bertz CT molecular complexity index is 672. The molecule has 2 aromatic rings. The van der Waals surface area contributed by atoms with Crippen molar-refractivity contribution >= 4 is 17.6 Å². The van der Waals surface area contributed by atoms with E-state index < -0.39 is 11.8 Å². The van der Waals surface area contributed by atoms with E-state index in [1.807, 2.05) is 6.92 Å². The Morgan fingerprint density at radius 1 is 1.09 bits per heavy atom. The number of anilines is 1. The molecule has 0 aliphatic rings. The first-order chi connectivity index (χ1) is 10.6. The van der Waals surface area contributed by atoms with Crippen molar-refractivity contribution in [2.75, 3.05) is 12.3 Å². The lowest BCUT2D eigenvalue weighted by atomic mass is 10.2. The number of carbonyl (C=O) groups excluding carboxylic acids is 2. The average Bonchev–Trinajstić information content (AvgIpc) is 2.54. The fraction of sp³-hybridized carbons (Fsp3) is 0.143. The molecule has 0 saturated carbocycles. The topological polar surface area (TPSA) is 119 Å². The fourth-order valence-corrected chi connectivity index (χ4v) is 1.64. The van der Waals surface area contributed by atoms with E-state index in [2.05, 4.69) is 20.8 Å². The number of carbonyl (C=O) groups is 2. The Kier molecular flexibility index (Phi) is 4.86. The van der Waals surface area contributed by atoms with E-state index >= 15 is 0 Å². The molecule has 1 aromatic heterocycles. The number of hydrogen-bond acceptors (Lipinski definition) is 6. The number of aromatic nitrogens is 2. The van der Waals surface area contributed by atoms with E-state index in [0.717, 1.165) is 0 Å². The van der Waals surface area contributed by atoms with Gasteiger partial charge in [0.1, 0.15) is 5.75 Å². The maximum absolute atomic E-state index is 11.9. The molecule has 0 saturated heterocycles. The third-order valence-corrected chi connectivity index (χ3v) is 2.66. The number of nitrogen functional groups attached to an aromatic ring is 1. The van der Waals surface area contributed by atoms with Crippen molar-refractivity contribution in [3.63, 3.8) is 0 Å². The van der Waals surface area contributed by atoms with E-state index in [0.29, 0.717) is 17.9 Å². The van der Waals surface area contributed by atoms with Gasteiger partial charge in [-0.25, -0.2) is 9.97 Å². The van der Waals surface area contributed by atoms with Gasteiger partial charge < -0.3 is 10.5 Å². The van der Waals surface area contributed by atoms with Gasteiger partial charge in [-0.3, -0.25) is 20.4 Å². The Morgan fingerprint density at radius 3 is 2.36 bits per heavy atom. The van der Waals surface area contributed by atoms with Crippen LogP contribution in [0.3, 0.4) is 0 Å². The van der Waals surface area contributed by atoms with Crippen LogP contribution >= 0.6 is 0 Å². The molecule has 0 bridgehead atoms. The summed E-state index contributed by atoms with van der Waals surface area (Å²) in [5, 5.41) is 0. The molecule has 0 atom stereocenters. The molecule has 0 fully saturated rings. The third-order valence-electron chi connectivity index (χ3n) is 2.66. The van der Waals surface area contributed by atoms with E-state index in [9.17, 15) is 9.59 Å². The molecule has 2 rings (SSSR count). The van der Waals surface area contributed by atoms with E-state index in [1.54, 1.807) is 24.3 Å². The summed E-state index contributed by atoms with van der Waals surface area (Å²) in [7, 11) is 0. The number of nitrogens with zero attached hydrogens (tertiary/aromatic N) is 2. The Hall–Kier alpha value is -3.16. The van der Waals surface area contributed by atoms with Gasteiger partial charge in [0.25, 0.3) is 11.8 Å². The largest absolute Gasteiger partial charge is 0.494 e. The Morgan fingerprint density at radius 2 is 1.73 bits per heavy atom. The molecule has 4 N–H and O–H groups in total. The maximum atomic E-state index is 11.9. The lowest BCUT2D eigenvalue weighted by Gasteiger charge is -2.08. The van der Waals surface area contributed by atoms with E-state index in [4.69, 9.17) is 10.5 Å². The van der Waals surface area contributed by atoms with Gasteiger partial charge in [-0.1, -0.05) is 0 Å². The standard InChI is InChI=1S/C14H15N5O3/c1-2-22-10-5-3-9(4-6-10)13(20)18-19-14(21)11-12(15)17-8-7-16-11/h3-8H,2H2,1H3,(H2,15,17)(H,18,20)(H,19,21). The lowest BCUT2D eigenvalue weighted by Crippen LogP contribution is -2.42. The average molecular weight is 301 g/mol. The van der Waals surface area contributed by atoms with Crippen LogP contribution in [-0.2, 0) is 0 Å². The fourth-order valence-electron chi connectivity index (χ4n) is 1.64. The molecule has 1 aromatic carbocycles. The molecule has 0 aliphatic carbocycles. The van der Waals surface area contributed by atoms with E-state index in [1.165, 1.54) is 12.4 Å². The van der Waals surface area contributed by atoms with Gasteiger partial charge in [-0.2, -0.15) is 0 Å². The second-order valence-corrected chi connectivity index (χ2v) is 4.16. The minimum absolute atomic E-state index is 0.0182. The molecule has 0 radical (unpaired) electrons. The SMILES string of the molecule is CCOc1ccc(C(=O)NNC(=O)c2nccnc2N)cc1. The zero-order valence-corrected chi connectivity index (χ0v) is 11.9. The summed E-state index contributed by atoms with van der Waals surface area (Å²) in [5.74, 6) is -0.477. The van der Waals surface area contributed by atoms with Crippen LogP contribution in [0.1, 0.15) is 27.8 Å². The quantitative estimate of drug-likeness (QED) is 0.709. The van der Waals surface area contributed by atoms with Gasteiger partial charge in [0, 0.05) is 18.0 Å². The summed E-state index contributed by atoms with van der Waals surface area (Å²) < 4.78 is 5.28. The van der Waals surface area contributed by atoms with Gasteiger partial charge in [0.2, 0.25) is 0 Å². The van der Waals surface area contributed by atoms with Crippen LogP contribution in [0.2, 0.25) is 0 Å². The predicted octanol–water partition coefficient (Wildman–Crippen LogP) is 0.532. The number of benzene rings is 1. The minimum atomic E-state index is -0.648. The number of nitrogens with one attached hydrogen (secondary N) is 2. The van der Waals surface area contributed by atoms with Crippen LogP contribution in [-0.4, -0.2) is 28.4 Å².